The molecule has 3 N–H and O–H groups in total. The summed E-state index contributed by atoms with van der Waals surface area (Å²) in [7, 11) is 0. The van der Waals surface area contributed by atoms with Crippen molar-refractivity contribution in [2.45, 2.75) is 123 Å². The minimum Gasteiger partial charge on any atom is -0.449 e. The van der Waals surface area contributed by atoms with Crippen LogP contribution in [0.25, 0.3) is 0 Å². The summed E-state index contributed by atoms with van der Waals surface area (Å²) < 4.78 is 10.7. The number of ether oxygens (including phenoxy) is 2. The summed E-state index contributed by atoms with van der Waals surface area (Å²) in [4.78, 5) is 63.7. The van der Waals surface area contributed by atoms with E-state index in [2.05, 4.69) is 49.7 Å². The molecule has 2 heterocycles. The molecule has 1 saturated heterocycles. The Hall–Kier alpha value is -3.47. The summed E-state index contributed by atoms with van der Waals surface area (Å²) in [6, 6.07) is 5.19. The SMILES string of the molecule is CC1CCC(NCCCCOC(=O)NC(=O)OC(C)(C)CC(C)(C)C)(c2cccc3c2CN(C2CCC(=O)NC2=O)C3=O)CC1. The van der Waals surface area contributed by atoms with Gasteiger partial charge in [0.2, 0.25) is 11.8 Å². The van der Waals surface area contributed by atoms with Crippen molar-refractivity contribution in [3.63, 3.8) is 0 Å². The van der Waals surface area contributed by atoms with Gasteiger partial charge in [-0.15, -0.1) is 0 Å². The number of carbonyl (C=O) groups is 5. The van der Waals surface area contributed by atoms with E-state index in [-0.39, 0.29) is 35.8 Å². The van der Waals surface area contributed by atoms with Crippen molar-refractivity contribution < 1.29 is 33.4 Å². The Morgan fingerprint density at radius 3 is 2.40 bits per heavy atom. The van der Waals surface area contributed by atoms with E-state index in [0.717, 1.165) is 43.2 Å². The van der Waals surface area contributed by atoms with Gasteiger partial charge in [0, 0.05) is 24.1 Å². The van der Waals surface area contributed by atoms with Crippen molar-refractivity contribution in [3.8, 4) is 0 Å². The minimum absolute atomic E-state index is 0.0408. The van der Waals surface area contributed by atoms with Crippen LogP contribution in [0.2, 0.25) is 0 Å². The lowest BCUT2D eigenvalue weighted by Gasteiger charge is -2.42. The predicted octanol–water partition coefficient (Wildman–Crippen LogP) is 5.30. The van der Waals surface area contributed by atoms with E-state index in [9.17, 15) is 24.0 Å². The van der Waals surface area contributed by atoms with Gasteiger partial charge in [-0.1, -0.05) is 39.8 Å². The summed E-state index contributed by atoms with van der Waals surface area (Å²) in [5, 5.41) is 8.33. The molecule has 4 rings (SSSR count). The number of piperidine rings is 1. The summed E-state index contributed by atoms with van der Waals surface area (Å²) in [6.45, 7) is 13.2. The highest BCUT2D eigenvalue weighted by Gasteiger charge is 2.44. The number of nitrogens with zero attached hydrogens (tertiary/aromatic N) is 1. The standard InChI is InChI=1S/C34H50N4O7/c1-22-14-16-34(17-15-22,35-18-7-8-19-44-30(42)37-31(43)45-33(5,6)21-32(2,3)4)25-11-9-10-23-24(25)20-38(29(23)41)26-12-13-27(39)36-28(26)40/h9-11,22,26,35H,7-8,12-21H2,1-6H3,(H,36,39,40)(H,37,42,43). The molecule has 1 aromatic carbocycles. The van der Waals surface area contributed by atoms with Crippen molar-refractivity contribution in [2.24, 2.45) is 11.3 Å². The van der Waals surface area contributed by atoms with Crippen LogP contribution in [0.15, 0.2) is 18.2 Å². The minimum atomic E-state index is -0.831. The van der Waals surface area contributed by atoms with Crippen LogP contribution >= 0.6 is 0 Å². The monoisotopic (exact) mass is 626 g/mol. The zero-order valence-corrected chi connectivity index (χ0v) is 27.7. The second-order valence-electron chi connectivity index (χ2n) is 14.8. The molecule has 5 amide bonds. The fourth-order valence-corrected chi connectivity index (χ4v) is 7.26. The van der Waals surface area contributed by atoms with Crippen LogP contribution in [-0.2, 0) is 31.1 Å². The molecule has 0 bridgehead atoms. The number of fused-ring (bicyclic) bond motifs is 1. The molecule has 1 atom stereocenters. The predicted molar refractivity (Wildman–Crippen MR) is 168 cm³/mol. The number of carbonyl (C=O) groups excluding carboxylic acids is 5. The van der Waals surface area contributed by atoms with Crippen LogP contribution in [0.4, 0.5) is 9.59 Å². The molecule has 1 unspecified atom stereocenters. The average Bonchev–Trinajstić information content (AvgIpc) is 3.26. The van der Waals surface area contributed by atoms with E-state index in [1.54, 1.807) is 4.90 Å². The molecule has 1 aliphatic carbocycles. The van der Waals surface area contributed by atoms with Crippen molar-refractivity contribution in [2.75, 3.05) is 13.2 Å². The third kappa shape index (κ3) is 8.83. The number of imide groups is 2. The second-order valence-corrected chi connectivity index (χ2v) is 14.8. The molecular weight excluding hydrogens is 576 g/mol. The zero-order chi connectivity index (χ0) is 33.0. The summed E-state index contributed by atoms with van der Waals surface area (Å²) >= 11 is 0. The lowest BCUT2D eigenvalue weighted by atomic mass is 9.71. The van der Waals surface area contributed by atoms with Gasteiger partial charge in [0.1, 0.15) is 11.6 Å². The third-order valence-electron chi connectivity index (χ3n) is 9.02. The molecule has 1 saturated carbocycles. The maximum absolute atomic E-state index is 13.5. The Bertz CT molecular complexity index is 1290. The number of nitrogens with one attached hydrogen (secondary N) is 3. The van der Waals surface area contributed by atoms with Gasteiger partial charge in [0.25, 0.3) is 5.91 Å². The third-order valence-corrected chi connectivity index (χ3v) is 9.02. The summed E-state index contributed by atoms with van der Waals surface area (Å²) in [6.07, 6.45) is 4.81. The number of rotatable bonds is 10. The highest BCUT2D eigenvalue weighted by atomic mass is 16.6. The first kappa shape index (κ1) is 34.4. The molecule has 45 heavy (non-hydrogen) atoms. The molecule has 1 aromatic rings. The van der Waals surface area contributed by atoms with Crippen LogP contribution in [-0.4, -0.2) is 59.6 Å². The fraction of sp³-hybridized carbons (Fsp3) is 0.676. The molecule has 11 heteroatoms. The molecule has 2 aliphatic heterocycles. The van der Waals surface area contributed by atoms with Crippen LogP contribution in [0.1, 0.15) is 121 Å². The quantitative estimate of drug-likeness (QED) is 0.235. The number of alkyl carbamates (subject to hydrolysis) is 2. The molecule has 3 aliphatic rings. The van der Waals surface area contributed by atoms with Gasteiger partial charge in [-0.25, -0.2) is 14.9 Å². The van der Waals surface area contributed by atoms with E-state index in [0.29, 0.717) is 43.8 Å². The van der Waals surface area contributed by atoms with Gasteiger partial charge >= 0.3 is 12.2 Å². The van der Waals surface area contributed by atoms with Crippen molar-refractivity contribution in [3.05, 3.63) is 34.9 Å². The number of hydrogen-bond acceptors (Lipinski definition) is 8. The molecule has 0 radical (unpaired) electrons. The van der Waals surface area contributed by atoms with Gasteiger partial charge in [-0.2, -0.15) is 0 Å². The van der Waals surface area contributed by atoms with E-state index in [1.165, 1.54) is 0 Å². The van der Waals surface area contributed by atoms with E-state index >= 15 is 0 Å². The lowest BCUT2D eigenvalue weighted by Crippen LogP contribution is -2.52. The zero-order valence-electron chi connectivity index (χ0n) is 27.7. The van der Waals surface area contributed by atoms with Crippen LogP contribution in [0.3, 0.4) is 0 Å². The number of amides is 5. The van der Waals surface area contributed by atoms with Gasteiger partial charge < -0.3 is 19.7 Å². The Labute approximate surface area is 266 Å². The highest BCUT2D eigenvalue weighted by molar-refractivity contribution is 6.05. The summed E-state index contributed by atoms with van der Waals surface area (Å²) in [5.41, 5.74) is 1.58. The molecular formula is C34H50N4O7. The molecule has 2 fully saturated rings. The first-order valence-corrected chi connectivity index (χ1v) is 16.3. The highest BCUT2D eigenvalue weighted by Crippen LogP contribution is 2.43. The Kier molecular flexibility index (Phi) is 10.6. The molecule has 11 nitrogen and oxygen atoms in total. The lowest BCUT2D eigenvalue weighted by molar-refractivity contribution is -0.136. The number of hydrogen-bond donors (Lipinski definition) is 3. The number of benzene rings is 1. The smallest absolute Gasteiger partial charge is 0.417 e. The van der Waals surface area contributed by atoms with Crippen LogP contribution < -0.4 is 16.0 Å². The Balaban J connectivity index is 1.32. The first-order chi connectivity index (χ1) is 21.1. The molecule has 0 aromatic heterocycles. The number of unbranched alkanes of at least 4 members (excludes halogenated alkanes) is 1. The molecule has 0 spiro atoms. The summed E-state index contributed by atoms with van der Waals surface area (Å²) in [5.74, 6) is -0.274. The Morgan fingerprint density at radius 2 is 1.73 bits per heavy atom. The molecule has 248 valence electrons. The average molecular weight is 627 g/mol. The van der Waals surface area contributed by atoms with Crippen molar-refractivity contribution >= 4 is 29.9 Å². The van der Waals surface area contributed by atoms with Gasteiger partial charge in [-0.3, -0.25) is 19.7 Å². The topological polar surface area (TPSA) is 143 Å². The van der Waals surface area contributed by atoms with Gasteiger partial charge in [0.05, 0.1) is 6.61 Å². The van der Waals surface area contributed by atoms with E-state index in [1.807, 2.05) is 26.0 Å². The van der Waals surface area contributed by atoms with E-state index < -0.39 is 29.7 Å². The van der Waals surface area contributed by atoms with Crippen molar-refractivity contribution in [1.29, 1.82) is 0 Å². The maximum Gasteiger partial charge on any atom is 0.417 e. The largest absolute Gasteiger partial charge is 0.449 e. The van der Waals surface area contributed by atoms with Crippen LogP contribution in [0, 0.1) is 11.3 Å². The van der Waals surface area contributed by atoms with Gasteiger partial charge in [0.15, 0.2) is 0 Å². The van der Waals surface area contributed by atoms with E-state index in [4.69, 9.17) is 9.47 Å². The fourth-order valence-electron chi connectivity index (χ4n) is 7.26. The maximum atomic E-state index is 13.5. The van der Waals surface area contributed by atoms with Gasteiger partial charge in [-0.05, 0) is 100 Å². The van der Waals surface area contributed by atoms with Crippen LogP contribution in [0.5, 0.6) is 0 Å². The van der Waals surface area contributed by atoms with Crippen molar-refractivity contribution in [1.82, 2.24) is 20.9 Å². The second kappa shape index (κ2) is 13.9. The Morgan fingerprint density at radius 1 is 1.02 bits per heavy atom. The normalized spacial score (nSPS) is 23.8. The first-order valence-electron chi connectivity index (χ1n) is 16.3.